The summed E-state index contributed by atoms with van der Waals surface area (Å²) in [5.74, 6) is 0.413. The van der Waals surface area contributed by atoms with Crippen molar-refractivity contribution in [2.45, 2.75) is 57.8 Å². The third-order valence-electron chi connectivity index (χ3n) is 4.81. The first-order valence-electron chi connectivity index (χ1n) is 7.40. The molecule has 3 N–H and O–H groups in total. The summed E-state index contributed by atoms with van der Waals surface area (Å²) < 4.78 is 0. The van der Waals surface area contributed by atoms with Gasteiger partial charge in [0.25, 0.3) is 0 Å². The fourth-order valence-corrected chi connectivity index (χ4v) is 3.56. The maximum absolute atomic E-state index is 9.72. The molecule has 2 fully saturated rings. The molecular weight excluding hydrogens is 226 g/mol. The Labute approximate surface area is 111 Å². The molecule has 4 nitrogen and oxygen atoms in total. The fraction of sp³-hybridized carbons (Fsp3) is 1.00. The van der Waals surface area contributed by atoms with Gasteiger partial charge < -0.3 is 10.8 Å². The standard InChI is InChI=1S/C14H29N3O/c1-10(2)14(15)13(9-18)17-8-12-5-4-6-16(12)7-11(17)3/h10-14,18H,4-9,15H2,1-3H3. The third-order valence-corrected chi connectivity index (χ3v) is 4.81. The van der Waals surface area contributed by atoms with Crippen molar-refractivity contribution >= 4 is 0 Å². The summed E-state index contributed by atoms with van der Waals surface area (Å²) in [7, 11) is 0. The second-order valence-electron chi connectivity index (χ2n) is 6.41. The van der Waals surface area contributed by atoms with E-state index >= 15 is 0 Å². The van der Waals surface area contributed by atoms with Crippen molar-refractivity contribution in [3.63, 3.8) is 0 Å². The lowest BCUT2D eigenvalue weighted by atomic mass is 9.94. The Morgan fingerprint density at radius 1 is 1.33 bits per heavy atom. The monoisotopic (exact) mass is 255 g/mol. The minimum atomic E-state index is 0.0606. The highest BCUT2D eigenvalue weighted by Gasteiger charge is 2.39. The summed E-state index contributed by atoms with van der Waals surface area (Å²) in [6.07, 6.45) is 2.63. The summed E-state index contributed by atoms with van der Waals surface area (Å²) in [6, 6.07) is 1.36. The molecule has 2 heterocycles. The molecule has 0 aliphatic carbocycles. The van der Waals surface area contributed by atoms with Crippen molar-refractivity contribution in [1.82, 2.24) is 9.80 Å². The number of aliphatic hydroxyl groups is 1. The van der Waals surface area contributed by atoms with E-state index in [1.54, 1.807) is 0 Å². The highest BCUT2D eigenvalue weighted by molar-refractivity contribution is 4.96. The number of rotatable bonds is 4. The van der Waals surface area contributed by atoms with E-state index in [0.29, 0.717) is 18.0 Å². The number of nitrogens with two attached hydrogens (primary N) is 1. The first-order chi connectivity index (χ1) is 8.54. The molecule has 0 bridgehead atoms. The molecule has 4 heteroatoms. The molecule has 106 valence electrons. The lowest BCUT2D eigenvalue weighted by Gasteiger charge is -2.47. The van der Waals surface area contributed by atoms with Gasteiger partial charge in [-0.25, -0.2) is 0 Å². The van der Waals surface area contributed by atoms with E-state index in [-0.39, 0.29) is 18.7 Å². The molecule has 2 aliphatic heterocycles. The molecule has 4 unspecified atom stereocenters. The zero-order valence-electron chi connectivity index (χ0n) is 12.0. The zero-order chi connectivity index (χ0) is 13.3. The Bertz CT molecular complexity index is 272. The van der Waals surface area contributed by atoms with Crippen LogP contribution in [0, 0.1) is 5.92 Å². The fourth-order valence-electron chi connectivity index (χ4n) is 3.56. The lowest BCUT2D eigenvalue weighted by Crippen LogP contribution is -2.63. The van der Waals surface area contributed by atoms with Crippen LogP contribution in [0.1, 0.15) is 33.6 Å². The maximum Gasteiger partial charge on any atom is 0.0602 e. The van der Waals surface area contributed by atoms with Gasteiger partial charge in [-0.15, -0.1) is 0 Å². The second-order valence-corrected chi connectivity index (χ2v) is 6.41. The van der Waals surface area contributed by atoms with Crippen LogP contribution >= 0.6 is 0 Å². The minimum absolute atomic E-state index is 0.0606. The SMILES string of the molecule is CC(C)C(N)C(CO)N1CC2CCCN2CC1C. The molecule has 18 heavy (non-hydrogen) atoms. The van der Waals surface area contributed by atoms with Crippen molar-refractivity contribution < 1.29 is 5.11 Å². The number of aliphatic hydroxyl groups excluding tert-OH is 1. The predicted molar refractivity (Wildman–Crippen MR) is 74.5 cm³/mol. The average Bonchev–Trinajstić information content (AvgIpc) is 2.76. The van der Waals surface area contributed by atoms with Gasteiger partial charge in [0.1, 0.15) is 0 Å². The molecular formula is C14H29N3O. The van der Waals surface area contributed by atoms with E-state index < -0.39 is 0 Å². The molecule has 2 rings (SSSR count). The predicted octanol–water partition coefficient (Wildman–Crippen LogP) is 0.499. The first kappa shape index (κ1) is 14.3. The topological polar surface area (TPSA) is 52.7 Å². The van der Waals surface area contributed by atoms with Gasteiger partial charge in [-0.3, -0.25) is 9.80 Å². The van der Waals surface area contributed by atoms with E-state index in [0.717, 1.165) is 13.1 Å². The van der Waals surface area contributed by atoms with Crippen LogP contribution in [0.15, 0.2) is 0 Å². The molecule has 4 atom stereocenters. The lowest BCUT2D eigenvalue weighted by molar-refractivity contribution is -0.00545. The molecule has 2 aliphatic rings. The first-order valence-corrected chi connectivity index (χ1v) is 7.40. The molecule has 0 aromatic rings. The van der Waals surface area contributed by atoms with Gasteiger partial charge in [-0.1, -0.05) is 13.8 Å². The molecule has 0 amide bonds. The Morgan fingerprint density at radius 2 is 2.06 bits per heavy atom. The van der Waals surface area contributed by atoms with E-state index in [1.807, 2.05) is 0 Å². The van der Waals surface area contributed by atoms with E-state index in [4.69, 9.17) is 5.73 Å². The number of fused-ring (bicyclic) bond motifs is 1. The normalized spacial score (nSPS) is 33.7. The van der Waals surface area contributed by atoms with Crippen LogP contribution in [0.3, 0.4) is 0 Å². The molecule has 0 aromatic heterocycles. The smallest absolute Gasteiger partial charge is 0.0602 e. The number of nitrogens with zero attached hydrogens (tertiary/aromatic N) is 2. The van der Waals surface area contributed by atoms with Gasteiger partial charge in [0.2, 0.25) is 0 Å². The quantitative estimate of drug-likeness (QED) is 0.768. The Morgan fingerprint density at radius 3 is 2.67 bits per heavy atom. The highest BCUT2D eigenvalue weighted by Crippen LogP contribution is 2.27. The van der Waals surface area contributed by atoms with Crippen LogP contribution in [0.25, 0.3) is 0 Å². The van der Waals surface area contributed by atoms with Crippen LogP contribution in [0.2, 0.25) is 0 Å². The van der Waals surface area contributed by atoms with Crippen molar-refractivity contribution in [2.75, 3.05) is 26.2 Å². The summed E-state index contributed by atoms with van der Waals surface area (Å²) in [6.45, 7) is 10.2. The summed E-state index contributed by atoms with van der Waals surface area (Å²) in [5, 5.41) is 9.72. The maximum atomic E-state index is 9.72. The summed E-state index contributed by atoms with van der Waals surface area (Å²) >= 11 is 0. The van der Waals surface area contributed by atoms with E-state index in [2.05, 4.69) is 30.6 Å². The largest absolute Gasteiger partial charge is 0.395 e. The van der Waals surface area contributed by atoms with Gasteiger partial charge in [0.05, 0.1) is 6.61 Å². The highest BCUT2D eigenvalue weighted by atomic mass is 16.3. The van der Waals surface area contributed by atoms with Crippen LogP contribution in [0.5, 0.6) is 0 Å². The van der Waals surface area contributed by atoms with Gasteiger partial charge >= 0.3 is 0 Å². The van der Waals surface area contributed by atoms with Crippen molar-refractivity contribution in [3.8, 4) is 0 Å². The number of hydrogen-bond donors (Lipinski definition) is 2. The van der Waals surface area contributed by atoms with Crippen molar-refractivity contribution in [2.24, 2.45) is 11.7 Å². The Kier molecular flexibility index (Phi) is 4.64. The molecule has 0 radical (unpaired) electrons. The molecule has 0 saturated carbocycles. The van der Waals surface area contributed by atoms with Gasteiger partial charge in [-0.2, -0.15) is 0 Å². The van der Waals surface area contributed by atoms with Crippen LogP contribution < -0.4 is 5.73 Å². The zero-order valence-corrected chi connectivity index (χ0v) is 12.0. The van der Waals surface area contributed by atoms with Crippen LogP contribution in [-0.2, 0) is 0 Å². The van der Waals surface area contributed by atoms with Crippen molar-refractivity contribution in [3.05, 3.63) is 0 Å². The van der Waals surface area contributed by atoms with Gasteiger partial charge in [0, 0.05) is 37.3 Å². The Balaban J connectivity index is 2.05. The van der Waals surface area contributed by atoms with Crippen molar-refractivity contribution in [1.29, 1.82) is 0 Å². The van der Waals surface area contributed by atoms with Crippen LogP contribution in [-0.4, -0.2) is 65.3 Å². The second kappa shape index (κ2) is 5.87. The van der Waals surface area contributed by atoms with E-state index in [9.17, 15) is 5.11 Å². The third kappa shape index (κ3) is 2.72. The molecule has 0 aromatic carbocycles. The summed E-state index contributed by atoms with van der Waals surface area (Å²) in [4.78, 5) is 5.06. The van der Waals surface area contributed by atoms with Crippen LogP contribution in [0.4, 0.5) is 0 Å². The van der Waals surface area contributed by atoms with Gasteiger partial charge in [-0.05, 0) is 32.2 Å². The molecule has 2 saturated heterocycles. The van der Waals surface area contributed by atoms with Gasteiger partial charge in [0.15, 0.2) is 0 Å². The number of hydrogen-bond acceptors (Lipinski definition) is 4. The molecule has 0 spiro atoms. The summed E-state index contributed by atoms with van der Waals surface area (Å²) in [5.41, 5.74) is 6.29. The average molecular weight is 255 g/mol. The minimum Gasteiger partial charge on any atom is -0.395 e. The number of piperazine rings is 1. The Hall–Kier alpha value is -0.160. The van der Waals surface area contributed by atoms with E-state index in [1.165, 1.54) is 19.4 Å².